The normalized spacial score (nSPS) is 21.5. The van der Waals surface area contributed by atoms with E-state index in [1.54, 1.807) is 43.9 Å². The first-order valence-electron chi connectivity index (χ1n) is 12.1. The Balaban J connectivity index is 1.35. The van der Waals surface area contributed by atoms with Gasteiger partial charge in [-0.05, 0) is 43.5 Å². The number of anilines is 2. The van der Waals surface area contributed by atoms with Crippen LogP contribution in [0.1, 0.15) is 42.1 Å². The standard InChI is InChI=1S/C27H26ClN5O4/c1-14-6-8-29-21(9-14)37-15-3-4-17(19(28)10-15)24(34)18-12-30-25-22(18)23-20(13-31-25)32-26(35)27(33-23)7-5-16(11-27)36-2/h3-4,6,8-10,12-13,16,24,33-34H,5,7,11H2,1-2H3,(H,30,31)(H,32,35). The van der Waals surface area contributed by atoms with E-state index in [1.807, 2.05) is 19.1 Å². The molecule has 1 aliphatic heterocycles. The van der Waals surface area contributed by atoms with Gasteiger partial charge in [-0.25, -0.2) is 9.97 Å². The summed E-state index contributed by atoms with van der Waals surface area (Å²) in [5.74, 6) is 0.876. The predicted octanol–water partition coefficient (Wildman–Crippen LogP) is 5.10. The summed E-state index contributed by atoms with van der Waals surface area (Å²) in [6, 6.07) is 8.85. The van der Waals surface area contributed by atoms with Gasteiger partial charge in [-0.3, -0.25) is 4.79 Å². The van der Waals surface area contributed by atoms with Crippen LogP contribution in [-0.4, -0.2) is 44.7 Å². The van der Waals surface area contributed by atoms with Gasteiger partial charge >= 0.3 is 0 Å². The maximum atomic E-state index is 13.0. The molecule has 1 saturated carbocycles. The number of H-pyrrole nitrogens is 1. The molecule has 2 aliphatic rings. The molecule has 6 rings (SSSR count). The number of aromatic amines is 1. The number of aliphatic hydroxyl groups excluding tert-OH is 1. The van der Waals surface area contributed by atoms with Crippen molar-refractivity contribution in [3.8, 4) is 11.6 Å². The molecule has 1 aliphatic carbocycles. The van der Waals surface area contributed by atoms with Gasteiger partial charge in [-0.15, -0.1) is 0 Å². The fraction of sp³-hybridized carbons (Fsp3) is 0.296. The van der Waals surface area contributed by atoms with E-state index < -0.39 is 11.6 Å². The number of nitrogens with zero attached hydrogens (tertiary/aromatic N) is 2. The minimum atomic E-state index is -1.05. The highest BCUT2D eigenvalue weighted by Gasteiger charge is 2.48. The molecule has 3 unspecified atom stereocenters. The zero-order valence-electron chi connectivity index (χ0n) is 20.3. The number of aliphatic hydroxyl groups is 1. The van der Waals surface area contributed by atoms with Crippen molar-refractivity contribution in [3.05, 3.63) is 70.6 Å². The molecule has 3 aromatic heterocycles. The van der Waals surface area contributed by atoms with Gasteiger partial charge < -0.3 is 30.2 Å². The number of benzene rings is 1. The monoisotopic (exact) mass is 519 g/mol. The number of nitrogens with one attached hydrogen (secondary N) is 3. The minimum absolute atomic E-state index is 0.00274. The number of carbonyl (C=O) groups excluding carboxylic acids is 1. The molecule has 10 heteroatoms. The summed E-state index contributed by atoms with van der Waals surface area (Å²) in [7, 11) is 1.67. The van der Waals surface area contributed by atoms with Gasteiger partial charge in [0.15, 0.2) is 0 Å². The van der Waals surface area contributed by atoms with Gasteiger partial charge in [-0.2, -0.15) is 0 Å². The number of fused-ring (bicyclic) bond motifs is 3. The Bertz CT molecular complexity index is 1520. The summed E-state index contributed by atoms with van der Waals surface area (Å²) in [4.78, 5) is 24.8. The molecule has 0 bridgehead atoms. The van der Waals surface area contributed by atoms with Crippen LogP contribution in [0.2, 0.25) is 5.02 Å². The van der Waals surface area contributed by atoms with Crippen molar-refractivity contribution in [1.82, 2.24) is 15.0 Å². The van der Waals surface area contributed by atoms with Crippen LogP contribution < -0.4 is 15.4 Å². The van der Waals surface area contributed by atoms with Crippen molar-refractivity contribution >= 4 is 39.9 Å². The third-order valence-electron chi connectivity index (χ3n) is 7.26. The van der Waals surface area contributed by atoms with Crippen molar-refractivity contribution in [3.63, 3.8) is 0 Å². The number of aryl methyl sites for hydroxylation is 1. The van der Waals surface area contributed by atoms with Gasteiger partial charge in [0, 0.05) is 43.1 Å². The molecule has 4 aromatic rings. The number of hydrogen-bond acceptors (Lipinski definition) is 7. The summed E-state index contributed by atoms with van der Waals surface area (Å²) in [5, 5.41) is 19.0. The third-order valence-corrected chi connectivity index (χ3v) is 7.58. The average molecular weight is 520 g/mol. The fourth-order valence-corrected chi connectivity index (χ4v) is 5.54. The van der Waals surface area contributed by atoms with E-state index in [9.17, 15) is 9.90 Å². The smallest absolute Gasteiger partial charge is 0.250 e. The maximum absolute atomic E-state index is 13.0. The lowest BCUT2D eigenvalue weighted by Gasteiger charge is -2.36. The molecule has 37 heavy (non-hydrogen) atoms. The SMILES string of the molecule is COC1CCC2(C1)Nc1c(cnc3[nH]cc(C(O)c4ccc(Oc5cc(C)ccn5)cc4Cl)c13)NC2=O. The van der Waals surface area contributed by atoms with Crippen LogP contribution >= 0.6 is 11.6 Å². The molecule has 4 N–H and O–H groups in total. The highest BCUT2D eigenvalue weighted by molar-refractivity contribution is 6.31. The Hall–Kier alpha value is -3.66. The summed E-state index contributed by atoms with van der Waals surface area (Å²) in [5.41, 5.74) is 3.24. The Morgan fingerprint density at radius 2 is 2.08 bits per heavy atom. The Kier molecular flexibility index (Phi) is 5.78. The van der Waals surface area contributed by atoms with Crippen LogP contribution in [0.5, 0.6) is 11.6 Å². The quantitative estimate of drug-likeness (QED) is 0.289. The van der Waals surface area contributed by atoms with Gasteiger partial charge in [0.2, 0.25) is 11.8 Å². The molecule has 4 heterocycles. The van der Waals surface area contributed by atoms with Crippen LogP contribution in [0.3, 0.4) is 0 Å². The zero-order valence-corrected chi connectivity index (χ0v) is 21.1. The number of hydrogen-bond donors (Lipinski definition) is 4. The second-order valence-electron chi connectivity index (χ2n) is 9.64. The third kappa shape index (κ3) is 4.09. The maximum Gasteiger partial charge on any atom is 0.250 e. The first kappa shape index (κ1) is 23.7. The molecule has 1 amide bonds. The van der Waals surface area contributed by atoms with Crippen LogP contribution in [-0.2, 0) is 9.53 Å². The topological polar surface area (TPSA) is 121 Å². The van der Waals surface area contributed by atoms with Crippen LogP contribution in [0.25, 0.3) is 11.0 Å². The number of ether oxygens (including phenoxy) is 2. The Morgan fingerprint density at radius 1 is 1.22 bits per heavy atom. The number of methoxy groups -OCH3 is 1. The molecule has 3 atom stereocenters. The van der Waals surface area contributed by atoms with Gasteiger partial charge in [-0.1, -0.05) is 17.7 Å². The lowest BCUT2D eigenvalue weighted by molar-refractivity contribution is -0.120. The summed E-state index contributed by atoms with van der Waals surface area (Å²) < 4.78 is 11.4. The van der Waals surface area contributed by atoms with Crippen LogP contribution in [0, 0.1) is 6.92 Å². The first-order valence-corrected chi connectivity index (χ1v) is 12.4. The van der Waals surface area contributed by atoms with Gasteiger partial charge in [0.1, 0.15) is 23.0 Å². The molecule has 0 radical (unpaired) electrons. The number of carbonyl (C=O) groups is 1. The molecule has 1 aromatic carbocycles. The van der Waals surface area contributed by atoms with E-state index in [0.717, 1.165) is 17.7 Å². The second kappa shape index (κ2) is 9.02. The van der Waals surface area contributed by atoms with Gasteiger partial charge in [0.05, 0.1) is 34.1 Å². The highest BCUT2D eigenvalue weighted by Crippen LogP contribution is 2.46. The Labute approximate surface area is 218 Å². The minimum Gasteiger partial charge on any atom is -0.439 e. The van der Waals surface area contributed by atoms with Crippen LogP contribution in [0.15, 0.2) is 48.9 Å². The summed E-state index contributed by atoms with van der Waals surface area (Å²) in [6.45, 7) is 1.96. The highest BCUT2D eigenvalue weighted by atomic mass is 35.5. The molecule has 1 fully saturated rings. The molecule has 190 valence electrons. The number of amides is 1. The Morgan fingerprint density at radius 3 is 2.84 bits per heavy atom. The largest absolute Gasteiger partial charge is 0.439 e. The number of pyridine rings is 2. The zero-order chi connectivity index (χ0) is 25.7. The number of rotatable bonds is 5. The molecule has 1 spiro atoms. The average Bonchev–Trinajstić information content (AvgIpc) is 3.50. The van der Waals surface area contributed by atoms with Gasteiger partial charge in [0.25, 0.3) is 0 Å². The molecular weight excluding hydrogens is 494 g/mol. The van der Waals surface area contributed by atoms with E-state index in [0.29, 0.717) is 57.3 Å². The van der Waals surface area contributed by atoms with Crippen molar-refractivity contribution in [2.45, 2.75) is 43.9 Å². The lowest BCUT2D eigenvalue weighted by Crippen LogP contribution is -2.51. The van der Waals surface area contributed by atoms with E-state index in [1.165, 1.54) is 0 Å². The molecule has 0 saturated heterocycles. The van der Waals surface area contributed by atoms with E-state index >= 15 is 0 Å². The van der Waals surface area contributed by atoms with Crippen molar-refractivity contribution in [2.24, 2.45) is 0 Å². The lowest BCUT2D eigenvalue weighted by atomic mass is 9.91. The number of aromatic nitrogens is 3. The predicted molar refractivity (Wildman–Crippen MR) is 140 cm³/mol. The second-order valence-corrected chi connectivity index (χ2v) is 10.0. The van der Waals surface area contributed by atoms with E-state index in [4.69, 9.17) is 21.1 Å². The van der Waals surface area contributed by atoms with Crippen molar-refractivity contribution in [1.29, 1.82) is 0 Å². The first-order chi connectivity index (χ1) is 17.9. The molecular formula is C27H26ClN5O4. The van der Waals surface area contributed by atoms with Crippen molar-refractivity contribution < 1.29 is 19.4 Å². The number of halogens is 1. The molecule has 9 nitrogen and oxygen atoms in total. The summed E-state index contributed by atoms with van der Waals surface area (Å²) in [6.07, 6.45) is 5.95. The fourth-order valence-electron chi connectivity index (χ4n) is 5.27. The van der Waals surface area contributed by atoms with Crippen LogP contribution in [0.4, 0.5) is 11.4 Å². The van der Waals surface area contributed by atoms with E-state index in [-0.39, 0.29) is 12.0 Å². The van der Waals surface area contributed by atoms with E-state index in [2.05, 4.69) is 25.6 Å². The summed E-state index contributed by atoms with van der Waals surface area (Å²) >= 11 is 6.61. The van der Waals surface area contributed by atoms with Crippen molar-refractivity contribution in [2.75, 3.05) is 17.7 Å².